The molecule has 0 aromatic rings. The molecule has 0 aliphatic rings. The van der Waals surface area contributed by atoms with E-state index in [1.165, 1.54) is 0 Å². The molecule has 0 atom stereocenters. The van der Waals surface area contributed by atoms with Gasteiger partial charge in [-0.25, -0.2) is 0 Å². The minimum atomic E-state index is 0. The van der Waals surface area contributed by atoms with Crippen molar-refractivity contribution in [2.75, 3.05) is 0 Å². The molecule has 0 N–H and O–H groups in total. The van der Waals surface area contributed by atoms with E-state index in [1.54, 1.807) is 0 Å². The predicted octanol–water partition coefficient (Wildman–Crippen LogP) is -0.119. The Kier molecular flexibility index (Phi) is 100. The summed E-state index contributed by atoms with van der Waals surface area (Å²) in [6, 6.07) is 0. The van der Waals surface area contributed by atoms with Crippen LogP contribution in [0.2, 0.25) is 0 Å². The Bertz CT molecular complexity index is 8.00. The SMILES string of the molecule is [Gd+3].[La+3].[O-2].[Tm+3]. The normalized spacial score (nSPS) is 0. The van der Waals surface area contributed by atoms with E-state index in [2.05, 4.69) is 0 Å². The first kappa shape index (κ1) is 25.2. The van der Waals surface area contributed by atoms with Gasteiger partial charge in [0.1, 0.15) is 0 Å². The fraction of sp³-hybridized carbons (Fsp3) is 0. The molecule has 0 bridgehead atoms. The van der Waals surface area contributed by atoms with Crippen molar-refractivity contribution in [1.82, 2.24) is 0 Å². The molecule has 0 heterocycles. The van der Waals surface area contributed by atoms with Crippen molar-refractivity contribution in [3.63, 3.8) is 0 Å². The van der Waals surface area contributed by atoms with E-state index in [1.807, 2.05) is 0 Å². The van der Waals surface area contributed by atoms with E-state index < -0.39 is 0 Å². The summed E-state index contributed by atoms with van der Waals surface area (Å²) >= 11 is 0. The van der Waals surface area contributed by atoms with Gasteiger partial charge >= 0.3 is 112 Å². The van der Waals surface area contributed by atoms with Crippen molar-refractivity contribution in [2.45, 2.75) is 0 Å². The molecule has 0 rings (SSSR count). The van der Waals surface area contributed by atoms with Crippen LogP contribution in [0.3, 0.4) is 0 Å². The van der Waals surface area contributed by atoms with Crippen LogP contribution in [0.4, 0.5) is 0 Å². The third-order valence-electron chi connectivity index (χ3n) is 0. The molecule has 0 saturated heterocycles. The molecular weight excluding hydrogens is 481 g/mol. The summed E-state index contributed by atoms with van der Waals surface area (Å²) in [6.45, 7) is 0. The van der Waals surface area contributed by atoms with Crippen LogP contribution < -0.4 is 0 Å². The van der Waals surface area contributed by atoms with Gasteiger partial charge in [0.05, 0.1) is 0 Å². The van der Waals surface area contributed by atoms with Crippen molar-refractivity contribution in [2.24, 2.45) is 0 Å². The molecule has 1 nitrogen and oxygen atoms in total. The van der Waals surface area contributed by atoms with Crippen LogP contribution in [-0.4, -0.2) is 0 Å². The number of hydrogen-bond donors (Lipinski definition) is 0. The first-order valence-corrected chi connectivity index (χ1v) is 0. The summed E-state index contributed by atoms with van der Waals surface area (Å²) in [5, 5.41) is 0. The number of rotatable bonds is 0. The van der Waals surface area contributed by atoms with E-state index >= 15 is 0 Å². The van der Waals surface area contributed by atoms with Gasteiger partial charge in [0, 0.05) is 0 Å². The average Bonchev–Trinajstić information content (AvgIpc) is 0. The second-order valence-corrected chi connectivity index (χ2v) is 0. The standard InChI is InChI=1S/Gd.La.O.Tm/q2*+3;-2;+3. The van der Waals surface area contributed by atoms with Crippen LogP contribution in [0.5, 0.6) is 0 Å². The zero-order chi connectivity index (χ0) is 0. The monoisotopic (exact) mass is 482 g/mol. The van der Waals surface area contributed by atoms with Crippen LogP contribution in [0.25, 0.3) is 0 Å². The van der Waals surface area contributed by atoms with Gasteiger partial charge in [-0.15, -0.1) is 0 Å². The van der Waals surface area contributed by atoms with Crippen molar-refractivity contribution >= 4 is 0 Å². The van der Waals surface area contributed by atoms with E-state index in [9.17, 15) is 0 Å². The average molecular weight is 481 g/mol. The van der Waals surface area contributed by atoms with E-state index in [-0.39, 0.29) is 118 Å². The zero-order valence-electron chi connectivity index (χ0n) is 1.62. The minimum Gasteiger partial charge on any atom is -2.00 e. The molecule has 23 valence electrons. The molecule has 0 unspecified atom stereocenters. The Hall–Kier alpha value is 3.71. The Balaban J connectivity index is 0. The Morgan fingerprint density at radius 2 is 1.00 bits per heavy atom. The summed E-state index contributed by atoms with van der Waals surface area (Å²) in [7, 11) is 0. The maximum Gasteiger partial charge on any atom is 3.00 e. The fourth-order valence-corrected chi connectivity index (χ4v) is 0. The van der Waals surface area contributed by atoms with Gasteiger partial charge in [-0.2, -0.15) is 0 Å². The molecule has 4 heavy (non-hydrogen) atoms. The van der Waals surface area contributed by atoms with Crippen molar-refractivity contribution in [1.29, 1.82) is 0 Å². The van der Waals surface area contributed by atoms with Gasteiger partial charge in [0.15, 0.2) is 0 Å². The third kappa shape index (κ3) is 9.20. The van der Waals surface area contributed by atoms with Crippen molar-refractivity contribution in [3.8, 4) is 0 Å². The van der Waals surface area contributed by atoms with Crippen LogP contribution in [0.1, 0.15) is 0 Å². The molecule has 0 amide bonds. The van der Waals surface area contributed by atoms with Crippen molar-refractivity contribution < 1.29 is 118 Å². The van der Waals surface area contributed by atoms with Crippen LogP contribution in [-0.2, 0) is 5.48 Å². The molecule has 1 radical (unpaired) electrons. The van der Waals surface area contributed by atoms with Gasteiger partial charge in [-0.1, -0.05) is 0 Å². The van der Waals surface area contributed by atoms with E-state index in [4.69, 9.17) is 0 Å². The van der Waals surface area contributed by atoms with Crippen molar-refractivity contribution in [3.05, 3.63) is 0 Å². The Morgan fingerprint density at radius 1 is 1.00 bits per heavy atom. The third-order valence-corrected chi connectivity index (χ3v) is 0. The molecule has 0 aliphatic heterocycles. The van der Waals surface area contributed by atoms with Crippen LogP contribution in [0, 0.1) is 112 Å². The van der Waals surface area contributed by atoms with Gasteiger partial charge in [0.2, 0.25) is 0 Å². The molecular formula is GdLaOTm+7. The molecule has 0 fully saturated rings. The Labute approximate surface area is 114 Å². The largest absolute Gasteiger partial charge is 3.00 e. The smallest absolute Gasteiger partial charge is 2.00 e. The van der Waals surface area contributed by atoms with Gasteiger partial charge in [-0.05, 0) is 0 Å². The topological polar surface area (TPSA) is 28.5 Å². The summed E-state index contributed by atoms with van der Waals surface area (Å²) in [5.41, 5.74) is 0. The van der Waals surface area contributed by atoms with Gasteiger partial charge < -0.3 is 5.48 Å². The quantitative estimate of drug-likeness (QED) is 0.462. The second kappa shape index (κ2) is 15.9. The molecule has 0 saturated carbocycles. The van der Waals surface area contributed by atoms with Gasteiger partial charge in [0.25, 0.3) is 0 Å². The van der Waals surface area contributed by atoms with Gasteiger partial charge in [-0.3, -0.25) is 0 Å². The summed E-state index contributed by atoms with van der Waals surface area (Å²) < 4.78 is 0. The zero-order valence-corrected chi connectivity index (χ0v) is 9.29. The first-order chi connectivity index (χ1) is 0. The Morgan fingerprint density at radius 3 is 1.00 bits per heavy atom. The summed E-state index contributed by atoms with van der Waals surface area (Å²) in [4.78, 5) is 0. The van der Waals surface area contributed by atoms with Crippen LogP contribution in [0.15, 0.2) is 0 Å². The predicted molar refractivity (Wildman–Crippen MR) is 0.686 cm³/mol. The second-order valence-electron chi connectivity index (χ2n) is 0. The number of hydrogen-bond acceptors (Lipinski definition) is 0. The maximum atomic E-state index is 0. The maximum absolute atomic E-state index is 0. The molecule has 0 aromatic heterocycles. The van der Waals surface area contributed by atoms with E-state index in [0.717, 1.165) is 0 Å². The minimum absolute atomic E-state index is 0. The molecule has 0 aromatic carbocycles. The van der Waals surface area contributed by atoms with Crippen LogP contribution >= 0.6 is 0 Å². The molecule has 4 heteroatoms. The molecule has 0 spiro atoms. The van der Waals surface area contributed by atoms with E-state index in [0.29, 0.717) is 0 Å². The molecule has 0 aliphatic carbocycles. The fourth-order valence-electron chi connectivity index (χ4n) is 0. The summed E-state index contributed by atoms with van der Waals surface area (Å²) in [5.74, 6) is 0. The first-order valence-electron chi connectivity index (χ1n) is 0. The summed E-state index contributed by atoms with van der Waals surface area (Å²) in [6.07, 6.45) is 0.